The first-order chi connectivity index (χ1) is 10.4. The van der Waals surface area contributed by atoms with Gasteiger partial charge >= 0.3 is 12.0 Å². The molecule has 1 fully saturated rings. The molecule has 3 N–H and O–H groups in total. The summed E-state index contributed by atoms with van der Waals surface area (Å²) in [6.07, 6.45) is 3.67. The van der Waals surface area contributed by atoms with Crippen LogP contribution in [0.3, 0.4) is 0 Å². The highest BCUT2D eigenvalue weighted by molar-refractivity contribution is 5.90. The van der Waals surface area contributed by atoms with Gasteiger partial charge in [0.15, 0.2) is 0 Å². The van der Waals surface area contributed by atoms with Crippen molar-refractivity contribution in [1.82, 2.24) is 15.5 Å². The molecule has 0 saturated carbocycles. The Labute approximate surface area is 130 Å². The van der Waals surface area contributed by atoms with Crippen LogP contribution in [-0.4, -0.2) is 52.6 Å². The molecular formula is C15H25N3O4. The normalized spacial score (nSPS) is 18.9. The molecule has 1 unspecified atom stereocenters. The van der Waals surface area contributed by atoms with Crippen molar-refractivity contribution in [3.8, 4) is 0 Å². The number of amides is 3. The van der Waals surface area contributed by atoms with Crippen LogP contribution in [0, 0.1) is 0 Å². The second-order valence-corrected chi connectivity index (χ2v) is 5.72. The van der Waals surface area contributed by atoms with Gasteiger partial charge in [-0.15, -0.1) is 6.58 Å². The van der Waals surface area contributed by atoms with E-state index in [1.165, 1.54) is 4.90 Å². The van der Waals surface area contributed by atoms with Crippen molar-refractivity contribution in [3.63, 3.8) is 0 Å². The van der Waals surface area contributed by atoms with Crippen LogP contribution in [0.1, 0.15) is 39.5 Å². The SMILES string of the molecule is C=CCCC(NC(=O)[C@@H]1CCCN1C(=O)NC(C)C)C(=O)O. The highest BCUT2D eigenvalue weighted by Gasteiger charge is 2.35. The Hall–Kier alpha value is -2.05. The molecule has 1 heterocycles. The van der Waals surface area contributed by atoms with Gasteiger partial charge in [-0.05, 0) is 39.5 Å². The van der Waals surface area contributed by atoms with E-state index in [2.05, 4.69) is 17.2 Å². The van der Waals surface area contributed by atoms with Crippen LogP contribution in [-0.2, 0) is 9.59 Å². The average molecular weight is 311 g/mol. The van der Waals surface area contributed by atoms with Crippen LogP contribution in [0.4, 0.5) is 4.79 Å². The van der Waals surface area contributed by atoms with Crippen LogP contribution >= 0.6 is 0 Å². The molecule has 0 bridgehead atoms. The molecule has 7 heteroatoms. The van der Waals surface area contributed by atoms with Crippen molar-refractivity contribution < 1.29 is 19.5 Å². The summed E-state index contributed by atoms with van der Waals surface area (Å²) in [6, 6.07) is -1.87. The van der Waals surface area contributed by atoms with E-state index in [0.29, 0.717) is 19.4 Å². The van der Waals surface area contributed by atoms with Crippen molar-refractivity contribution in [1.29, 1.82) is 0 Å². The number of hydrogen-bond acceptors (Lipinski definition) is 3. The minimum absolute atomic E-state index is 0.0174. The summed E-state index contributed by atoms with van der Waals surface area (Å²) in [7, 11) is 0. The number of carbonyl (C=O) groups is 3. The van der Waals surface area contributed by atoms with Gasteiger partial charge in [0.1, 0.15) is 12.1 Å². The lowest BCUT2D eigenvalue weighted by atomic mass is 10.1. The monoisotopic (exact) mass is 311 g/mol. The number of likely N-dealkylation sites (tertiary alicyclic amines) is 1. The molecule has 3 amide bonds. The van der Waals surface area contributed by atoms with Gasteiger partial charge < -0.3 is 20.6 Å². The number of carboxylic acids is 1. The Bertz CT molecular complexity index is 437. The lowest BCUT2D eigenvalue weighted by Gasteiger charge is -2.26. The Kier molecular flexibility index (Phi) is 6.88. The molecule has 124 valence electrons. The van der Waals surface area contributed by atoms with E-state index in [1.54, 1.807) is 6.08 Å². The van der Waals surface area contributed by atoms with E-state index in [4.69, 9.17) is 5.11 Å². The van der Waals surface area contributed by atoms with Gasteiger partial charge in [-0.2, -0.15) is 0 Å². The fourth-order valence-electron chi connectivity index (χ4n) is 2.42. The quantitative estimate of drug-likeness (QED) is 0.613. The number of hydrogen-bond donors (Lipinski definition) is 3. The zero-order valence-electron chi connectivity index (χ0n) is 13.2. The van der Waals surface area contributed by atoms with Crippen LogP contribution in [0.5, 0.6) is 0 Å². The van der Waals surface area contributed by atoms with E-state index < -0.39 is 24.0 Å². The van der Waals surface area contributed by atoms with Gasteiger partial charge in [-0.3, -0.25) is 4.79 Å². The molecule has 0 radical (unpaired) electrons. The number of carboxylic acid groups (broad SMARTS) is 1. The van der Waals surface area contributed by atoms with Crippen LogP contribution in [0.2, 0.25) is 0 Å². The predicted octanol–water partition coefficient (Wildman–Crippen LogP) is 1.10. The predicted molar refractivity (Wildman–Crippen MR) is 82.4 cm³/mol. The molecule has 0 aliphatic carbocycles. The fourth-order valence-corrected chi connectivity index (χ4v) is 2.42. The van der Waals surface area contributed by atoms with Crippen molar-refractivity contribution in [3.05, 3.63) is 12.7 Å². The first kappa shape index (κ1) is 18.0. The molecule has 1 saturated heterocycles. The van der Waals surface area contributed by atoms with Crippen LogP contribution < -0.4 is 10.6 Å². The molecule has 7 nitrogen and oxygen atoms in total. The van der Waals surface area contributed by atoms with E-state index in [0.717, 1.165) is 6.42 Å². The average Bonchev–Trinajstić information content (AvgIpc) is 2.91. The largest absolute Gasteiger partial charge is 0.480 e. The van der Waals surface area contributed by atoms with Gasteiger partial charge in [-0.1, -0.05) is 6.08 Å². The number of carbonyl (C=O) groups excluding carboxylic acids is 2. The van der Waals surface area contributed by atoms with E-state index in [-0.39, 0.29) is 18.5 Å². The first-order valence-electron chi connectivity index (χ1n) is 7.58. The number of nitrogens with zero attached hydrogens (tertiary/aromatic N) is 1. The Morgan fingerprint density at radius 3 is 2.59 bits per heavy atom. The number of nitrogens with one attached hydrogen (secondary N) is 2. The molecule has 0 aromatic heterocycles. The van der Waals surface area contributed by atoms with Crippen LogP contribution in [0.25, 0.3) is 0 Å². The highest BCUT2D eigenvalue weighted by Crippen LogP contribution is 2.18. The first-order valence-corrected chi connectivity index (χ1v) is 7.58. The van der Waals surface area contributed by atoms with Gasteiger partial charge in [0.25, 0.3) is 0 Å². The second kappa shape index (κ2) is 8.41. The maximum atomic E-state index is 12.3. The third-order valence-corrected chi connectivity index (χ3v) is 3.50. The number of rotatable bonds is 7. The van der Waals surface area contributed by atoms with Crippen LogP contribution in [0.15, 0.2) is 12.7 Å². The lowest BCUT2D eigenvalue weighted by Crippen LogP contribution is -2.53. The van der Waals surface area contributed by atoms with E-state index in [9.17, 15) is 14.4 Å². The Morgan fingerprint density at radius 2 is 2.05 bits per heavy atom. The highest BCUT2D eigenvalue weighted by atomic mass is 16.4. The molecule has 0 aromatic carbocycles. The van der Waals surface area contributed by atoms with Gasteiger partial charge in [0, 0.05) is 12.6 Å². The third-order valence-electron chi connectivity index (χ3n) is 3.50. The van der Waals surface area contributed by atoms with Gasteiger partial charge in [0.2, 0.25) is 5.91 Å². The van der Waals surface area contributed by atoms with Gasteiger partial charge in [0.05, 0.1) is 0 Å². The van der Waals surface area contributed by atoms with Gasteiger partial charge in [-0.25, -0.2) is 9.59 Å². The minimum atomic E-state index is -1.08. The lowest BCUT2D eigenvalue weighted by molar-refractivity contribution is -0.142. The summed E-state index contributed by atoms with van der Waals surface area (Å²) in [5.41, 5.74) is 0. The summed E-state index contributed by atoms with van der Waals surface area (Å²) in [6.45, 7) is 7.74. The Balaban J connectivity index is 2.67. The molecule has 1 rings (SSSR count). The number of urea groups is 1. The standard InChI is InChI=1S/C15H25N3O4/c1-4-5-7-11(14(20)21)17-13(19)12-8-6-9-18(12)15(22)16-10(2)3/h4,10-12H,1,5-9H2,2-3H3,(H,16,22)(H,17,19)(H,20,21)/t11?,12-/m0/s1. The molecule has 2 atom stereocenters. The van der Waals surface area contributed by atoms with E-state index >= 15 is 0 Å². The van der Waals surface area contributed by atoms with Crippen molar-refractivity contribution >= 4 is 17.9 Å². The summed E-state index contributed by atoms with van der Waals surface area (Å²) >= 11 is 0. The summed E-state index contributed by atoms with van der Waals surface area (Å²) in [5, 5.41) is 14.4. The van der Waals surface area contributed by atoms with Crippen molar-refractivity contribution in [2.45, 2.75) is 57.7 Å². The molecule has 1 aliphatic rings. The maximum Gasteiger partial charge on any atom is 0.326 e. The minimum Gasteiger partial charge on any atom is -0.480 e. The molecule has 22 heavy (non-hydrogen) atoms. The fraction of sp³-hybridized carbons (Fsp3) is 0.667. The molecule has 0 spiro atoms. The van der Waals surface area contributed by atoms with E-state index in [1.807, 2.05) is 13.8 Å². The van der Waals surface area contributed by atoms with Crippen molar-refractivity contribution in [2.75, 3.05) is 6.54 Å². The number of aliphatic carboxylic acids is 1. The maximum absolute atomic E-state index is 12.3. The third kappa shape index (κ3) is 5.05. The topological polar surface area (TPSA) is 98.7 Å². The smallest absolute Gasteiger partial charge is 0.326 e. The molecule has 1 aliphatic heterocycles. The van der Waals surface area contributed by atoms with Crippen molar-refractivity contribution in [2.24, 2.45) is 0 Å². The summed E-state index contributed by atoms with van der Waals surface area (Å²) in [4.78, 5) is 37.0. The zero-order valence-corrected chi connectivity index (χ0v) is 13.2. The second-order valence-electron chi connectivity index (χ2n) is 5.72. The Morgan fingerprint density at radius 1 is 1.36 bits per heavy atom. The summed E-state index contributed by atoms with van der Waals surface area (Å²) in [5.74, 6) is -1.49. The number of allylic oxidation sites excluding steroid dienone is 1. The zero-order chi connectivity index (χ0) is 16.7. The molecular weight excluding hydrogens is 286 g/mol. The summed E-state index contributed by atoms with van der Waals surface area (Å²) < 4.78 is 0. The molecule has 0 aromatic rings.